The molecule has 30 heavy (non-hydrogen) atoms. The van der Waals surface area contributed by atoms with Gasteiger partial charge in [-0.2, -0.15) is 0 Å². The Morgan fingerprint density at radius 3 is 2.47 bits per heavy atom. The number of carbonyl (C=O) groups excluding carboxylic acids is 3. The first-order valence-corrected chi connectivity index (χ1v) is 10.1. The summed E-state index contributed by atoms with van der Waals surface area (Å²) in [5.74, 6) is -1.17. The topological polar surface area (TPSA) is 90.6 Å². The van der Waals surface area contributed by atoms with E-state index in [1.165, 1.54) is 18.2 Å². The van der Waals surface area contributed by atoms with Crippen molar-refractivity contribution in [3.05, 3.63) is 80.9 Å². The number of hydrogen-bond acceptors (Lipinski definition) is 6. The molecule has 1 aliphatic heterocycles. The van der Waals surface area contributed by atoms with Gasteiger partial charge in [0.05, 0.1) is 16.6 Å². The number of hydrogen-bond donors (Lipinski definition) is 0. The zero-order valence-electron chi connectivity index (χ0n) is 14.9. The van der Waals surface area contributed by atoms with Crippen LogP contribution in [0.25, 0.3) is 17.4 Å². The highest BCUT2D eigenvalue weighted by molar-refractivity contribution is 8.19. The largest absolute Gasteiger partial charge is 0.545 e. The maximum absolute atomic E-state index is 12.7. The van der Waals surface area contributed by atoms with Gasteiger partial charge in [0.25, 0.3) is 11.1 Å². The second kappa shape index (κ2) is 8.02. The number of carboxylic acids is 1. The summed E-state index contributed by atoms with van der Waals surface area (Å²) in [7, 11) is 0. The van der Waals surface area contributed by atoms with Crippen molar-refractivity contribution in [2.75, 3.05) is 4.90 Å². The number of rotatable bonds is 4. The first-order valence-electron chi connectivity index (χ1n) is 8.48. The molecule has 0 atom stereocenters. The average molecular weight is 459 g/mol. The summed E-state index contributed by atoms with van der Waals surface area (Å²) < 4.78 is 5.70. The highest BCUT2D eigenvalue weighted by Crippen LogP contribution is 2.37. The Hall–Kier alpha value is -3.00. The molecule has 9 heteroatoms. The van der Waals surface area contributed by atoms with Gasteiger partial charge in [0.2, 0.25) is 0 Å². The minimum absolute atomic E-state index is 0.0569. The van der Waals surface area contributed by atoms with E-state index in [1.807, 2.05) is 0 Å². The van der Waals surface area contributed by atoms with Crippen molar-refractivity contribution in [1.29, 1.82) is 0 Å². The van der Waals surface area contributed by atoms with E-state index in [-0.39, 0.29) is 15.5 Å². The van der Waals surface area contributed by atoms with Crippen LogP contribution in [0.4, 0.5) is 10.5 Å². The third-order valence-corrected chi connectivity index (χ3v) is 5.70. The molecule has 150 valence electrons. The van der Waals surface area contributed by atoms with Crippen LogP contribution in [0.2, 0.25) is 10.0 Å². The summed E-state index contributed by atoms with van der Waals surface area (Å²) in [6.07, 6.45) is 1.46. The van der Waals surface area contributed by atoms with Crippen LogP contribution in [0.3, 0.4) is 0 Å². The maximum Gasteiger partial charge on any atom is 0.298 e. The molecule has 1 aromatic heterocycles. The van der Waals surface area contributed by atoms with Crippen molar-refractivity contribution in [2.24, 2.45) is 0 Å². The van der Waals surface area contributed by atoms with E-state index in [2.05, 4.69) is 0 Å². The standard InChI is InChI=1S/C21H11Cl2NO5S/c22-12-2-4-13(5-3-12)24-19(25)18(30-21(24)28)10-14-6-8-17(29-14)11-1-7-16(23)15(9-11)20(26)27/h1-10H,(H,26,27)/p-1/b18-10-. The van der Waals surface area contributed by atoms with Crippen LogP contribution in [-0.2, 0) is 4.79 Å². The highest BCUT2D eigenvalue weighted by atomic mass is 35.5. The van der Waals surface area contributed by atoms with Crippen LogP contribution in [0.15, 0.2) is 63.9 Å². The number of aromatic carboxylic acids is 1. The number of furan rings is 1. The second-order valence-corrected chi connectivity index (χ2v) is 8.01. The second-order valence-electron chi connectivity index (χ2n) is 6.18. The first kappa shape index (κ1) is 20.3. The van der Waals surface area contributed by atoms with Gasteiger partial charge in [-0.15, -0.1) is 0 Å². The van der Waals surface area contributed by atoms with Gasteiger partial charge >= 0.3 is 0 Å². The Kier molecular flexibility index (Phi) is 5.42. The average Bonchev–Trinajstić information content (AvgIpc) is 3.28. The minimum atomic E-state index is -1.40. The fraction of sp³-hybridized carbons (Fsp3) is 0. The van der Waals surface area contributed by atoms with Gasteiger partial charge < -0.3 is 14.3 Å². The number of carboxylic acid groups (broad SMARTS) is 1. The number of thioether (sulfide) groups is 1. The number of carbonyl (C=O) groups is 3. The summed E-state index contributed by atoms with van der Waals surface area (Å²) >= 11 is 12.5. The van der Waals surface area contributed by atoms with Crippen LogP contribution in [0, 0.1) is 0 Å². The van der Waals surface area contributed by atoms with Crippen molar-refractivity contribution < 1.29 is 23.9 Å². The fourth-order valence-corrected chi connectivity index (χ4v) is 3.97. The molecule has 1 fully saturated rings. The normalized spacial score (nSPS) is 15.3. The molecule has 0 unspecified atom stereocenters. The van der Waals surface area contributed by atoms with Gasteiger partial charge in [-0.1, -0.05) is 23.2 Å². The van der Waals surface area contributed by atoms with Gasteiger partial charge in [-0.25, -0.2) is 4.90 Å². The molecule has 3 aromatic rings. The van der Waals surface area contributed by atoms with Gasteiger partial charge in [-0.3, -0.25) is 9.59 Å². The highest BCUT2D eigenvalue weighted by Gasteiger charge is 2.36. The van der Waals surface area contributed by atoms with E-state index < -0.39 is 17.1 Å². The monoisotopic (exact) mass is 458 g/mol. The molecular formula is C21H10Cl2NO5S-. The number of nitrogens with zero attached hydrogens (tertiary/aromatic N) is 1. The van der Waals surface area contributed by atoms with E-state index in [4.69, 9.17) is 27.6 Å². The van der Waals surface area contributed by atoms with Gasteiger partial charge in [0.15, 0.2) is 0 Å². The lowest BCUT2D eigenvalue weighted by atomic mass is 10.1. The molecule has 4 rings (SSSR count). The molecule has 2 aromatic carbocycles. The zero-order chi connectivity index (χ0) is 21.4. The predicted octanol–water partition coefficient (Wildman–Crippen LogP) is 4.86. The predicted molar refractivity (Wildman–Crippen MR) is 113 cm³/mol. The summed E-state index contributed by atoms with van der Waals surface area (Å²) in [6, 6.07) is 14.0. The molecule has 2 heterocycles. The summed E-state index contributed by atoms with van der Waals surface area (Å²) in [5, 5.41) is 11.3. The number of halogens is 2. The Morgan fingerprint density at radius 1 is 1.03 bits per heavy atom. The molecule has 6 nitrogen and oxygen atoms in total. The summed E-state index contributed by atoms with van der Waals surface area (Å²) in [6.45, 7) is 0. The van der Waals surface area contributed by atoms with E-state index in [0.29, 0.717) is 27.8 Å². The van der Waals surface area contributed by atoms with Gasteiger partial charge in [0.1, 0.15) is 11.5 Å². The number of anilines is 1. The molecule has 1 saturated heterocycles. The van der Waals surface area contributed by atoms with E-state index in [0.717, 1.165) is 16.7 Å². The van der Waals surface area contributed by atoms with E-state index >= 15 is 0 Å². The van der Waals surface area contributed by atoms with Crippen molar-refractivity contribution in [1.82, 2.24) is 0 Å². The quantitative estimate of drug-likeness (QED) is 0.518. The van der Waals surface area contributed by atoms with Crippen molar-refractivity contribution in [3.63, 3.8) is 0 Å². The van der Waals surface area contributed by atoms with E-state index in [1.54, 1.807) is 42.5 Å². The molecule has 0 saturated carbocycles. The molecule has 0 radical (unpaired) electrons. The van der Waals surface area contributed by atoms with Crippen molar-refractivity contribution in [3.8, 4) is 11.3 Å². The Labute approximate surface area is 184 Å². The lowest BCUT2D eigenvalue weighted by molar-refractivity contribution is -0.255. The van der Waals surface area contributed by atoms with Crippen LogP contribution in [0.1, 0.15) is 16.1 Å². The molecule has 2 amide bonds. The molecular weight excluding hydrogens is 449 g/mol. The zero-order valence-corrected chi connectivity index (χ0v) is 17.3. The Bertz CT molecular complexity index is 1220. The molecule has 0 N–H and O–H groups in total. The smallest absolute Gasteiger partial charge is 0.298 e. The lowest BCUT2D eigenvalue weighted by Gasteiger charge is -2.11. The maximum atomic E-state index is 12.7. The molecule has 0 bridgehead atoms. The molecule has 1 aliphatic rings. The Morgan fingerprint density at radius 2 is 1.77 bits per heavy atom. The lowest BCUT2D eigenvalue weighted by Crippen LogP contribution is -2.27. The fourth-order valence-electron chi connectivity index (χ4n) is 2.83. The van der Waals surface area contributed by atoms with Crippen LogP contribution in [-0.4, -0.2) is 17.1 Å². The van der Waals surface area contributed by atoms with Crippen molar-refractivity contribution >= 4 is 63.8 Å². The van der Waals surface area contributed by atoms with Crippen LogP contribution < -0.4 is 10.0 Å². The van der Waals surface area contributed by atoms with Gasteiger partial charge in [0, 0.05) is 27.2 Å². The van der Waals surface area contributed by atoms with Gasteiger partial charge in [-0.05, 0) is 66.4 Å². The Balaban J connectivity index is 1.61. The third-order valence-electron chi connectivity index (χ3n) is 4.25. The third kappa shape index (κ3) is 3.87. The van der Waals surface area contributed by atoms with Crippen molar-refractivity contribution in [2.45, 2.75) is 0 Å². The number of benzene rings is 2. The molecule has 0 spiro atoms. The summed E-state index contributed by atoms with van der Waals surface area (Å²) in [5.41, 5.74) is 0.741. The minimum Gasteiger partial charge on any atom is -0.545 e. The van der Waals surface area contributed by atoms with E-state index in [9.17, 15) is 19.5 Å². The van der Waals surface area contributed by atoms with Crippen LogP contribution in [0.5, 0.6) is 0 Å². The SMILES string of the molecule is O=C([O-])c1cc(-c2ccc(/C=C3\SC(=O)N(c4ccc(Cl)cc4)C3=O)o2)ccc1Cl. The van der Waals surface area contributed by atoms with Crippen LogP contribution >= 0.6 is 35.0 Å². The first-order chi connectivity index (χ1) is 14.3. The number of amides is 2. The molecule has 0 aliphatic carbocycles. The summed E-state index contributed by atoms with van der Waals surface area (Å²) in [4.78, 5) is 37.4. The number of imide groups is 1.